The van der Waals surface area contributed by atoms with E-state index in [1.807, 2.05) is 0 Å². The van der Waals surface area contributed by atoms with Crippen LogP contribution in [0.4, 0.5) is 0 Å². The van der Waals surface area contributed by atoms with E-state index in [4.69, 9.17) is 33.7 Å². The Morgan fingerprint density at radius 3 is 2.75 bits per heavy atom. The zero-order valence-corrected chi connectivity index (χ0v) is 13.0. The van der Waals surface area contributed by atoms with E-state index in [1.54, 1.807) is 12.1 Å². The van der Waals surface area contributed by atoms with E-state index in [-0.39, 0.29) is 0 Å². The Bertz CT molecular complexity index is 423. The number of likely N-dealkylation sites (tertiary alicyclic amines) is 1. The second-order valence-corrected chi connectivity index (χ2v) is 5.85. The minimum Gasteiger partial charge on any atom is -0.378 e. The lowest BCUT2D eigenvalue weighted by Gasteiger charge is -2.31. The third-order valence-electron chi connectivity index (χ3n) is 3.49. The van der Waals surface area contributed by atoms with Gasteiger partial charge in [-0.25, -0.2) is 4.98 Å². The van der Waals surface area contributed by atoms with Crippen LogP contribution in [-0.4, -0.2) is 42.2 Å². The predicted molar refractivity (Wildman–Crippen MR) is 82.2 cm³/mol. The third-order valence-corrected chi connectivity index (χ3v) is 4.05. The predicted octanol–water partition coefficient (Wildman–Crippen LogP) is 2.72. The normalized spacial score (nSPS) is 17.6. The summed E-state index contributed by atoms with van der Waals surface area (Å²) >= 11 is 12.1. The molecule has 0 spiro atoms. The first-order valence-corrected chi connectivity index (χ1v) is 7.79. The lowest BCUT2D eigenvalue weighted by molar-refractivity contribution is 0.00541. The summed E-state index contributed by atoms with van der Waals surface area (Å²) in [4.78, 5) is 6.63. The average Bonchev–Trinajstić information content (AvgIpc) is 2.45. The van der Waals surface area contributed by atoms with E-state index >= 15 is 0 Å². The molecule has 1 aliphatic rings. The van der Waals surface area contributed by atoms with Crippen LogP contribution in [0.3, 0.4) is 0 Å². The van der Waals surface area contributed by atoms with Crippen LogP contribution < -0.4 is 5.73 Å². The Morgan fingerprint density at radius 2 is 2.05 bits per heavy atom. The number of aromatic nitrogens is 1. The zero-order chi connectivity index (χ0) is 14.4. The summed E-state index contributed by atoms with van der Waals surface area (Å²) in [5.74, 6) is 0. The van der Waals surface area contributed by atoms with E-state index in [1.165, 1.54) is 0 Å². The number of hydrogen-bond acceptors (Lipinski definition) is 4. The molecule has 2 heterocycles. The molecule has 6 heteroatoms. The number of nitrogens with zero attached hydrogens (tertiary/aromatic N) is 2. The van der Waals surface area contributed by atoms with Crippen LogP contribution in [0, 0.1) is 0 Å². The highest BCUT2D eigenvalue weighted by molar-refractivity contribution is 6.32. The summed E-state index contributed by atoms with van der Waals surface area (Å²) in [6, 6.07) is 3.51. The van der Waals surface area contributed by atoms with Crippen molar-refractivity contribution in [3.63, 3.8) is 0 Å². The van der Waals surface area contributed by atoms with Gasteiger partial charge >= 0.3 is 0 Å². The molecule has 0 saturated carbocycles. The Hall–Kier alpha value is -0.390. The molecule has 4 nitrogen and oxygen atoms in total. The molecule has 2 N–H and O–H groups in total. The van der Waals surface area contributed by atoms with Crippen molar-refractivity contribution < 1.29 is 4.74 Å². The summed E-state index contributed by atoms with van der Waals surface area (Å²) in [7, 11) is 0. The topological polar surface area (TPSA) is 51.4 Å². The van der Waals surface area contributed by atoms with Gasteiger partial charge in [-0.15, -0.1) is 0 Å². The molecule has 20 heavy (non-hydrogen) atoms. The molecule has 1 aromatic rings. The van der Waals surface area contributed by atoms with Crippen LogP contribution >= 0.6 is 23.2 Å². The largest absolute Gasteiger partial charge is 0.378 e. The Morgan fingerprint density at radius 1 is 1.30 bits per heavy atom. The van der Waals surface area contributed by atoms with Gasteiger partial charge in [0.2, 0.25) is 0 Å². The lowest BCUT2D eigenvalue weighted by atomic mass is 10.1. The highest BCUT2D eigenvalue weighted by Gasteiger charge is 2.20. The Kier molecular flexibility index (Phi) is 6.52. The molecule has 1 aliphatic heterocycles. The molecule has 1 fully saturated rings. The van der Waals surface area contributed by atoms with Gasteiger partial charge in [0.05, 0.1) is 16.8 Å². The second kappa shape index (κ2) is 8.15. The molecule has 0 unspecified atom stereocenters. The fraction of sp³-hybridized carbons (Fsp3) is 0.643. The van der Waals surface area contributed by atoms with Gasteiger partial charge in [-0.05, 0) is 37.9 Å². The van der Waals surface area contributed by atoms with Gasteiger partial charge in [0.25, 0.3) is 0 Å². The van der Waals surface area contributed by atoms with Crippen molar-refractivity contribution in [3.8, 4) is 0 Å². The molecule has 2 rings (SSSR count). The van der Waals surface area contributed by atoms with Gasteiger partial charge in [0.15, 0.2) is 0 Å². The fourth-order valence-electron chi connectivity index (χ4n) is 2.35. The number of hydrogen-bond donors (Lipinski definition) is 1. The van der Waals surface area contributed by atoms with Crippen molar-refractivity contribution in [1.82, 2.24) is 9.88 Å². The maximum atomic E-state index is 6.14. The van der Waals surface area contributed by atoms with Crippen LogP contribution in [0.5, 0.6) is 0 Å². The third kappa shape index (κ3) is 4.86. The van der Waals surface area contributed by atoms with Gasteiger partial charge in [-0.1, -0.05) is 23.2 Å². The minimum absolute atomic E-state index is 0.362. The van der Waals surface area contributed by atoms with Crippen molar-refractivity contribution in [2.24, 2.45) is 5.73 Å². The summed E-state index contributed by atoms with van der Waals surface area (Å²) in [6.45, 7) is 4.20. The summed E-state index contributed by atoms with van der Waals surface area (Å²) in [5.41, 5.74) is 6.31. The van der Waals surface area contributed by atoms with Gasteiger partial charge in [0, 0.05) is 26.2 Å². The van der Waals surface area contributed by atoms with Gasteiger partial charge in [-0.3, -0.25) is 4.90 Å². The molecule has 0 amide bonds. The molecule has 1 aromatic heterocycles. The number of nitrogens with two attached hydrogens (primary N) is 1. The van der Waals surface area contributed by atoms with Crippen LogP contribution in [0.2, 0.25) is 10.2 Å². The van der Waals surface area contributed by atoms with Crippen LogP contribution in [0.25, 0.3) is 0 Å². The Labute approximate surface area is 130 Å². The Balaban J connectivity index is 1.78. The first-order chi connectivity index (χ1) is 9.69. The van der Waals surface area contributed by atoms with Crippen LogP contribution in [0.1, 0.15) is 25.0 Å². The first kappa shape index (κ1) is 16.0. The maximum absolute atomic E-state index is 6.14. The number of rotatable bonds is 6. The van der Waals surface area contributed by atoms with Crippen molar-refractivity contribution >= 4 is 23.2 Å². The summed E-state index contributed by atoms with van der Waals surface area (Å²) < 4.78 is 5.80. The molecule has 112 valence electrons. The molecular formula is C14H21Cl2N3O. The van der Waals surface area contributed by atoms with Crippen molar-refractivity contribution in [1.29, 1.82) is 0 Å². The molecule has 0 aliphatic carbocycles. The van der Waals surface area contributed by atoms with E-state index in [0.29, 0.717) is 22.8 Å². The molecule has 0 bridgehead atoms. The summed E-state index contributed by atoms with van der Waals surface area (Å²) in [5, 5.41) is 1.17. The number of ether oxygens (including phenoxy) is 1. The first-order valence-electron chi connectivity index (χ1n) is 7.04. The molecule has 0 aromatic carbocycles. The highest BCUT2D eigenvalue weighted by Crippen LogP contribution is 2.21. The van der Waals surface area contributed by atoms with E-state index in [0.717, 1.165) is 51.2 Å². The standard InChI is InChI=1S/C14H21Cl2N3O/c15-12-2-3-14(16)18-13(12)10-19-7-4-11(5-8-19)20-9-1-6-17/h2-3,11H,1,4-10,17H2. The number of piperidine rings is 1. The maximum Gasteiger partial charge on any atom is 0.129 e. The van der Waals surface area contributed by atoms with Crippen LogP contribution in [-0.2, 0) is 11.3 Å². The number of pyridine rings is 1. The second-order valence-electron chi connectivity index (χ2n) is 5.05. The van der Waals surface area contributed by atoms with E-state index < -0.39 is 0 Å². The quantitative estimate of drug-likeness (QED) is 0.647. The van der Waals surface area contributed by atoms with Crippen molar-refractivity contribution in [3.05, 3.63) is 28.0 Å². The smallest absolute Gasteiger partial charge is 0.129 e. The zero-order valence-electron chi connectivity index (χ0n) is 11.5. The lowest BCUT2D eigenvalue weighted by Crippen LogP contribution is -2.37. The van der Waals surface area contributed by atoms with Gasteiger partial charge in [0.1, 0.15) is 5.15 Å². The molecular weight excluding hydrogens is 297 g/mol. The average molecular weight is 318 g/mol. The number of halogens is 2. The monoisotopic (exact) mass is 317 g/mol. The molecule has 1 saturated heterocycles. The minimum atomic E-state index is 0.362. The molecule has 0 radical (unpaired) electrons. The highest BCUT2D eigenvalue weighted by atomic mass is 35.5. The van der Waals surface area contributed by atoms with Gasteiger partial charge in [-0.2, -0.15) is 0 Å². The fourth-order valence-corrected chi connectivity index (χ4v) is 2.68. The van der Waals surface area contributed by atoms with Gasteiger partial charge < -0.3 is 10.5 Å². The van der Waals surface area contributed by atoms with Crippen LogP contribution in [0.15, 0.2) is 12.1 Å². The van der Waals surface area contributed by atoms with E-state index in [9.17, 15) is 0 Å². The molecule has 0 atom stereocenters. The van der Waals surface area contributed by atoms with Crippen molar-refractivity contribution in [2.45, 2.75) is 31.9 Å². The summed E-state index contributed by atoms with van der Waals surface area (Å²) in [6.07, 6.45) is 3.38. The van der Waals surface area contributed by atoms with E-state index in [2.05, 4.69) is 9.88 Å². The van der Waals surface area contributed by atoms with Crippen molar-refractivity contribution in [2.75, 3.05) is 26.2 Å². The SMILES string of the molecule is NCCCOC1CCN(Cc2nc(Cl)ccc2Cl)CC1.